The van der Waals surface area contributed by atoms with Crippen molar-refractivity contribution in [3.63, 3.8) is 0 Å². The number of ether oxygens (including phenoxy) is 1. The SMILES string of the molecule is COC/C=C/Cn1ncc2nc(NCc3ccc(Cl)c(Cl)c3)[nH]c(=O)c21. The van der Waals surface area contributed by atoms with Crippen molar-refractivity contribution >= 4 is 40.2 Å². The van der Waals surface area contributed by atoms with Crippen LogP contribution in [0.1, 0.15) is 5.56 Å². The van der Waals surface area contributed by atoms with Crippen LogP contribution < -0.4 is 10.9 Å². The Morgan fingerprint density at radius 3 is 2.92 bits per heavy atom. The highest BCUT2D eigenvalue weighted by Crippen LogP contribution is 2.22. The Bertz CT molecular complexity index is 996. The third-order valence-corrected chi connectivity index (χ3v) is 4.39. The van der Waals surface area contributed by atoms with Crippen LogP contribution in [-0.2, 0) is 17.8 Å². The molecule has 2 heterocycles. The lowest BCUT2D eigenvalue weighted by Gasteiger charge is -2.07. The first-order valence-electron chi connectivity index (χ1n) is 7.86. The Morgan fingerprint density at radius 1 is 1.31 bits per heavy atom. The highest BCUT2D eigenvalue weighted by molar-refractivity contribution is 6.42. The van der Waals surface area contributed by atoms with Crippen LogP contribution in [0.3, 0.4) is 0 Å². The molecule has 0 aliphatic carbocycles. The van der Waals surface area contributed by atoms with Gasteiger partial charge in [0.1, 0.15) is 5.52 Å². The van der Waals surface area contributed by atoms with E-state index in [2.05, 4.69) is 20.4 Å². The molecule has 0 bridgehead atoms. The second kappa shape index (κ2) is 8.35. The van der Waals surface area contributed by atoms with Gasteiger partial charge in [-0.3, -0.25) is 14.5 Å². The number of aromatic amines is 1. The van der Waals surface area contributed by atoms with E-state index in [0.717, 1.165) is 5.56 Å². The van der Waals surface area contributed by atoms with Gasteiger partial charge in [-0.25, -0.2) is 4.98 Å². The number of benzene rings is 1. The van der Waals surface area contributed by atoms with Gasteiger partial charge in [0.15, 0.2) is 5.52 Å². The van der Waals surface area contributed by atoms with Gasteiger partial charge in [-0.15, -0.1) is 0 Å². The predicted molar refractivity (Wildman–Crippen MR) is 103 cm³/mol. The molecule has 0 saturated heterocycles. The summed E-state index contributed by atoms with van der Waals surface area (Å²) in [6.45, 7) is 1.42. The van der Waals surface area contributed by atoms with Gasteiger partial charge >= 0.3 is 0 Å². The number of hydrogen-bond donors (Lipinski definition) is 2. The van der Waals surface area contributed by atoms with Crippen molar-refractivity contribution in [2.24, 2.45) is 0 Å². The number of methoxy groups -OCH3 is 1. The van der Waals surface area contributed by atoms with Crippen molar-refractivity contribution in [2.75, 3.05) is 19.0 Å². The predicted octanol–water partition coefficient (Wildman–Crippen LogP) is 3.24. The van der Waals surface area contributed by atoms with E-state index in [4.69, 9.17) is 27.9 Å². The number of H-pyrrole nitrogens is 1. The van der Waals surface area contributed by atoms with Crippen molar-refractivity contribution in [2.45, 2.75) is 13.1 Å². The van der Waals surface area contributed by atoms with Gasteiger partial charge < -0.3 is 10.1 Å². The van der Waals surface area contributed by atoms with Crippen LogP contribution in [0.15, 0.2) is 41.3 Å². The summed E-state index contributed by atoms with van der Waals surface area (Å²) in [6, 6.07) is 5.33. The Hall–Kier alpha value is -2.35. The zero-order valence-corrected chi connectivity index (χ0v) is 15.5. The number of aromatic nitrogens is 4. The molecule has 0 atom stereocenters. The number of halogens is 2. The molecule has 3 aromatic rings. The summed E-state index contributed by atoms with van der Waals surface area (Å²) in [4.78, 5) is 19.5. The molecule has 0 fully saturated rings. The zero-order chi connectivity index (χ0) is 18.5. The highest BCUT2D eigenvalue weighted by atomic mass is 35.5. The Balaban J connectivity index is 1.76. The van der Waals surface area contributed by atoms with E-state index in [9.17, 15) is 4.79 Å². The van der Waals surface area contributed by atoms with Gasteiger partial charge in [0, 0.05) is 13.7 Å². The first-order valence-corrected chi connectivity index (χ1v) is 8.61. The molecule has 3 rings (SSSR count). The third kappa shape index (κ3) is 4.24. The standard InChI is InChI=1S/C17H17Cl2N5O2/c1-26-7-3-2-6-24-15-14(10-21-24)22-17(23-16(15)25)20-9-11-4-5-12(18)13(19)8-11/h2-5,8,10H,6-7,9H2,1H3,(H2,20,22,23,25)/b3-2+. The normalized spacial score (nSPS) is 11.5. The minimum absolute atomic E-state index is 0.260. The van der Waals surface area contributed by atoms with Crippen molar-refractivity contribution < 1.29 is 4.74 Å². The molecule has 0 aliphatic rings. The largest absolute Gasteiger partial charge is 0.381 e. The quantitative estimate of drug-likeness (QED) is 0.601. The Kier molecular flexibility index (Phi) is 5.92. The second-order valence-electron chi connectivity index (χ2n) is 5.50. The van der Waals surface area contributed by atoms with Gasteiger partial charge in [-0.05, 0) is 17.7 Å². The number of rotatable bonds is 7. The minimum atomic E-state index is -0.260. The molecule has 0 spiro atoms. The third-order valence-electron chi connectivity index (χ3n) is 3.65. The fraction of sp³-hybridized carbons (Fsp3) is 0.235. The topological polar surface area (TPSA) is 84.8 Å². The number of nitrogens with one attached hydrogen (secondary N) is 2. The van der Waals surface area contributed by atoms with Gasteiger partial charge in [0.2, 0.25) is 5.95 Å². The van der Waals surface area contributed by atoms with Gasteiger partial charge in [0.05, 0.1) is 29.4 Å². The fourth-order valence-electron chi connectivity index (χ4n) is 2.40. The van der Waals surface area contributed by atoms with E-state index in [-0.39, 0.29) is 5.56 Å². The van der Waals surface area contributed by atoms with Crippen LogP contribution in [0.5, 0.6) is 0 Å². The summed E-state index contributed by atoms with van der Waals surface area (Å²) in [5.41, 5.74) is 1.60. The number of anilines is 1. The average Bonchev–Trinajstić information content (AvgIpc) is 3.03. The molecule has 0 amide bonds. The van der Waals surface area contributed by atoms with Crippen LogP contribution in [0.4, 0.5) is 5.95 Å². The summed E-state index contributed by atoms with van der Waals surface area (Å²) in [5, 5.41) is 8.26. The molecule has 26 heavy (non-hydrogen) atoms. The van der Waals surface area contributed by atoms with Gasteiger partial charge in [0.25, 0.3) is 5.56 Å². The monoisotopic (exact) mass is 393 g/mol. The molecule has 2 aromatic heterocycles. The van der Waals surface area contributed by atoms with Crippen LogP contribution in [-0.4, -0.2) is 33.5 Å². The maximum absolute atomic E-state index is 12.4. The lowest BCUT2D eigenvalue weighted by atomic mass is 10.2. The van der Waals surface area contributed by atoms with E-state index in [0.29, 0.717) is 46.7 Å². The molecular formula is C17H17Cl2N5O2. The molecule has 0 aliphatic heterocycles. The summed E-state index contributed by atoms with van der Waals surface area (Å²) in [5.74, 6) is 0.364. The number of nitrogens with zero attached hydrogens (tertiary/aromatic N) is 3. The van der Waals surface area contributed by atoms with Crippen LogP contribution in [0.2, 0.25) is 10.0 Å². The van der Waals surface area contributed by atoms with Crippen LogP contribution in [0.25, 0.3) is 11.0 Å². The lowest BCUT2D eigenvalue weighted by Crippen LogP contribution is -2.16. The summed E-state index contributed by atoms with van der Waals surface area (Å²) < 4.78 is 6.54. The average molecular weight is 394 g/mol. The van der Waals surface area contributed by atoms with Crippen molar-refractivity contribution in [3.05, 3.63) is 62.5 Å². The Morgan fingerprint density at radius 2 is 2.15 bits per heavy atom. The summed E-state index contributed by atoms with van der Waals surface area (Å²) in [6.07, 6.45) is 5.31. The lowest BCUT2D eigenvalue weighted by molar-refractivity contribution is 0.233. The molecule has 0 radical (unpaired) electrons. The number of hydrogen-bond acceptors (Lipinski definition) is 5. The summed E-state index contributed by atoms with van der Waals surface area (Å²) in [7, 11) is 1.62. The maximum atomic E-state index is 12.4. The molecule has 1 aromatic carbocycles. The Labute approximate surface area is 159 Å². The van der Waals surface area contributed by atoms with Crippen LogP contribution >= 0.6 is 23.2 Å². The minimum Gasteiger partial charge on any atom is -0.381 e. The molecule has 0 saturated carbocycles. The van der Waals surface area contributed by atoms with E-state index < -0.39 is 0 Å². The van der Waals surface area contributed by atoms with Crippen LogP contribution in [0, 0.1) is 0 Å². The molecule has 9 heteroatoms. The first-order chi connectivity index (χ1) is 12.6. The number of allylic oxidation sites excluding steroid dienone is 1. The van der Waals surface area contributed by atoms with Crippen molar-refractivity contribution in [1.82, 2.24) is 19.7 Å². The number of fused-ring (bicyclic) bond motifs is 1. The second-order valence-corrected chi connectivity index (χ2v) is 6.32. The fourth-order valence-corrected chi connectivity index (χ4v) is 2.72. The van der Waals surface area contributed by atoms with E-state index >= 15 is 0 Å². The first kappa shape index (κ1) is 18.4. The van der Waals surface area contributed by atoms with Gasteiger partial charge in [-0.1, -0.05) is 41.4 Å². The maximum Gasteiger partial charge on any atom is 0.278 e. The van der Waals surface area contributed by atoms with Crippen molar-refractivity contribution in [3.8, 4) is 0 Å². The summed E-state index contributed by atoms with van der Waals surface area (Å²) >= 11 is 11.9. The van der Waals surface area contributed by atoms with E-state index in [1.165, 1.54) is 0 Å². The van der Waals surface area contributed by atoms with E-state index in [1.54, 1.807) is 30.1 Å². The van der Waals surface area contributed by atoms with E-state index in [1.807, 2.05) is 18.2 Å². The molecule has 0 unspecified atom stereocenters. The highest BCUT2D eigenvalue weighted by Gasteiger charge is 2.10. The van der Waals surface area contributed by atoms with Gasteiger partial charge in [-0.2, -0.15) is 5.10 Å². The zero-order valence-electron chi connectivity index (χ0n) is 14.0. The van der Waals surface area contributed by atoms with Crippen molar-refractivity contribution in [1.29, 1.82) is 0 Å². The molecule has 7 nitrogen and oxygen atoms in total. The molecular weight excluding hydrogens is 377 g/mol. The molecule has 136 valence electrons. The smallest absolute Gasteiger partial charge is 0.278 e. The molecule has 2 N–H and O–H groups in total.